The Bertz CT molecular complexity index is 519. The molecule has 1 amide bonds. The minimum Gasteiger partial charge on any atom is -0.348 e. The van der Waals surface area contributed by atoms with Crippen LogP contribution in [0.25, 0.3) is 0 Å². The Morgan fingerprint density at radius 1 is 1.13 bits per heavy atom. The van der Waals surface area contributed by atoms with E-state index < -0.39 is 0 Å². The molecule has 3 nitrogen and oxygen atoms in total. The third kappa shape index (κ3) is 4.14. The monoisotopic (exact) mass is 315 g/mol. The maximum absolute atomic E-state index is 13.1. The zero-order valence-corrected chi connectivity index (χ0v) is 14.6. The molecule has 0 aromatic heterocycles. The zero-order valence-electron chi connectivity index (χ0n) is 14.6. The summed E-state index contributed by atoms with van der Waals surface area (Å²) in [6.45, 7) is 6.64. The molecule has 126 valence electrons. The van der Waals surface area contributed by atoms with Crippen LogP contribution in [0.4, 0.5) is 0 Å². The number of aryl methyl sites for hydroxylation is 1. The fourth-order valence-electron chi connectivity index (χ4n) is 4.28. The van der Waals surface area contributed by atoms with Gasteiger partial charge in [-0.15, -0.1) is 0 Å². The average molecular weight is 315 g/mol. The van der Waals surface area contributed by atoms with Crippen molar-refractivity contribution in [3.05, 3.63) is 35.4 Å². The standard InChI is InChI=1S/C20H30N2O/c1-15-9-11-17(12-10-15)19(22-13-5-6-16(2)14-22)20(23)21-18-7-3-4-8-18/h9-12,16,18-19H,3-8,13-14H2,1-2H3,(H,21,23)/p+1. The molecule has 1 aromatic rings. The highest BCUT2D eigenvalue weighted by atomic mass is 16.2. The first-order valence-electron chi connectivity index (χ1n) is 9.35. The van der Waals surface area contributed by atoms with Crippen LogP contribution in [-0.2, 0) is 4.79 Å². The van der Waals surface area contributed by atoms with Crippen molar-refractivity contribution in [1.29, 1.82) is 0 Å². The van der Waals surface area contributed by atoms with Crippen molar-refractivity contribution in [2.24, 2.45) is 5.92 Å². The van der Waals surface area contributed by atoms with Gasteiger partial charge >= 0.3 is 0 Å². The quantitative estimate of drug-likeness (QED) is 0.879. The van der Waals surface area contributed by atoms with E-state index in [9.17, 15) is 4.79 Å². The number of piperidine rings is 1. The summed E-state index contributed by atoms with van der Waals surface area (Å²) in [7, 11) is 0. The summed E-state index contributed by atoms with van der Waals surface area (Å²) in [5.74, 6) is 0.954. The van der Waals surface area contributed by atoms with Crippen LogP contribution in [0, 0.1) is 12.8 Å². The molecule has 3 atom stereocenters. The average Bonchev–Trinajstić information content (AvgIpc) is 3.02. The molecule has 1 aromatic carbocycles. The molecule has 1 saturated carbocycles. The van der Waals surface area contributed by atoms with Gasteiger partial charge < -0.3 is 10.2 Å². The van der Waals surface area contributed by atoms with Gasteiger partial charge in [0.25, 0.3) is 5.91 Å². The topological polar surface area (TPSA) is 33.5 Å². The molecule has 0 bridgehead atoms. The number of quaternary nitrogens is 1. The third-order valence-corrected chi connectivity index (χ3v) is 5.59. The van der Waals surface area contributed by atoms with E-state index in [0.29, 0.717) is 12.0 Å². The molecule has 1 aliphatic heterocycles. The Labute approximate surface area is 140 Å². The molecule has 1 saturated heterocycles. The molecule has 2 fully saturated rings. The third-order valence-electron chi connectivity index (χ3n) is 5.59. The maximum Gasteiger partial charge on any atom is 0.283 e. The van der Waals surface area contributed by atoms with Crippen molar-refractivity contribution in [1.82, 2.24) is 5.32 Å². The Hall–Kier alpha value is -1.35. The minimum atomic E-state index is -0.0426. The molecule has 0 radical (unpaired) electrons. The lowest BCUT2D eigenvalue weighted by atomic mass is 9.95. The van der Waals surface area contributed by atoms with E-state index in [0.717, 1.165) is 25.9 Å². The smallest absolute Gasteiger partial charge is 0.283 e. The van der Waals surface area contributed by atoms with Crippen LogP contribution >= 0.6 is 0 Å². The largest absolute Gasteiger partial charge is 0.348 e. The first kappa shape index (κ1) is 16.5. The van der Waals surface area contributed by atoms with Crippen molar-refractivity contribution < 1.29 is 9.69 Å². The molecule has 3 unspecified atom stereocenters. The number of amides is 1. The van der Waals surface area contributed by atoms with Crippen molar-refractivity contribution in [3.8, 4) is 0 Å². The molecule has 1 heterocycles. The van der Waals surface area contributed by atoms with E-state index in [1.807, 2.05) is 0 Å². The lowest BCUT2D eigenvalue weighted by Crippen LogP contribution is -3.15. The number of benzene rings is 1. The van der Waals surface area contributed by atoms with Crippen molar-refractivity contribution in [3.63, 3.8) is 0 Å². The first-order valence-corrected chi connectivity index (χ1v) is 9.35. The number of carbonyl (C=O) groups is 1. The van der Waals surface area contributed by atoms with Gasteiger partial charge in [0.1, 0.15) is 0 Å². The highest BCUT2D eigenvalue weighted by Gasteiger charge is 2.35. The van der Waals surface area contributed by atoms with Crippen LogP contribution in [0.2, 0.25) is 0 Å². The van der Waals surface area contributed by atoms with E-state index in [1.54, 1.807) is 0 Å². The van der Waals surface area contributed by atoms with Crippen molar-refractivity contribution in [2.45, 2.75) is 64.5 Å². The number of hydrogen-bond donors (Lipinski definition) is 2. The summed E-state index contributed by atoms with van der Waals surface area (Å²) < 4.78 is 0. The minimum absolute atomic E-state index is 0.0426. The van der Waals surface area contributed by atoms with Gasteiger partial charge in [-0.2, -0.15) is 0 Å². The summed E-state index contributed by atoms with van der Waals surface area (Å²) in [6.07, 6.45) is 7.35. The Morgan fingerprint density at radius 3 is 2.48 bits per heavy atom. The lowest BCUT2D eigenvalue weighted by molar-refractivity contribution is -0.930. The van der Waals surface area contributed by atoms with Gasteiger partial charge in [0.05, 0.1) is 13.1 Å². The second kappa shape index (κ2) is 7.48. The summed E-state index contributed by atoms with van der Waals surface area (Å²) >= 11 is 0. The number of likely N-dealkylation sites (tertiary alicyclic amines) is 1. The molecule has 0 spiro atoms. The second-order valence-corrected chi connectivity index (χ2v) is 7.69. The number of rotatable bonds is 4. The molecule has 2 N–H and O–H groups in total. The van der Waals surface area contributed by atoms with Gasteiger partial charge in [-0.05, 0) is 32.6 Å². The fourth-order valence-corrected chi connectivity index (χ4v) is 4.28. The van der Waals surface area contributed by atoms with Crippen LogP contribution in [0.1, 0.15) is 62.6 Å². The summed E-state index contributed by atoms with van der Waals surface area (Å²) in [6, 6.07) is 8.94. The zero-order chi connectivity index (χ0) is 16.2. The fraction of sp³-hybridized carbons (Fsp3) is 0.650. The van der Waals surface area contributed by atoms with E-state index in [1.165, 1.54) is 41.7 Å². The Kier molecular flexibility index (Phi) is 5.37. The van der Waals surface area contributed by atoms with Gasteiger partial charge in [0.15, 0.2) is 6.04 Å². The highest BCUT2D eigenvalue weighted by molar-refractivity contribution is 5.82. The van der Waals surface area contributed by atoms with E-state index in [4.69, 9.17) is 0 Å². The van der Waals surface area contributed by atoms with Gasteiger partial charge in [0.2, 0.25) is 0 Å². The first-order chi connectivity index (χ1) is 11.1. The Balaban J connectivity index is 1.79. The molecule has 1 aliphatic carbocycles. The summed E-state index contributed by atoms with van der Waals surface area (Å²) in [5.41, 5.74) is 2.43. The van der Waals surface area contributed by atoms with Crippen LogP contribution in [0.5, 0.6) is 0 Å². The van der Waals surface area contributed by atoms with Gasteiger partial charge in [-0.3, -0.25) is 4.79 Å². The molecular formula is C20H31N2O+. The maximum atomic E-state index is 13.1. The number of carbonyl (C=O) groups excluding carboxylic acids is 1. The van der Waals surface area contributed by atoms with E-state index in [-0.39, 0.29) is 11.9 Å². The SMILES string of the molecule is Cc1ccc(C(C(=O)NC2CCCC2)[NH+]2CCCC(C)C2)cc1. The van der Waals surface area contributed by atoms with Crippen LogP contribution in [0.3, 0.4) is 0 Å². The predicted octanol–water partition coefficient (Wildman–Crippen LogP) is 2.41. The molecule has 3 rings (SSSR count). The van der Waals surface area contributed by atoms with Crippen molar-refractivity contribution >= 4 is 5.91 Å². The molecular weight excluding hydrogens is 284 g/mol. The highest BCUT2D eigenvalue weighted by Crippen LogP contribution is 2.20. The van der Waals surface area contributed by atoms with Crippen molar-refractivity contribution in [2.75, 3.05) is 13.1 Å². The van der Waals surface area contributed by atoms with Gasteiger partial charge in [-0.25, -0.2) is 0 Å². The van der Waals surface area contributed by atoms with Crippen LogP contribution < -0.4 is 10.2 Å². The number of nitrogens with one attached hydrogen (secondary N) is 2. The molecule has 2 aliphatic rings. The van der Waals surface area contributed by atoms with Gasteiger partial charge in [-0.1, -0.05) is 49.6 Å². The van der Waals surface area contributed by atoms with Crippen LogP contribution in [-0.4, -0.2) is 25.0 Å². The lowest BCUT2D eigenvalue weighted by Gasteiger charge is -2.34. The normalized spacial score (nSPS) is 26.9. The number of hydrogen-bond acceptors (Lipinski definition) is 1. The second-order valence-electron chi connectivity index (χ2n) is 7.69. The van der Waals surface area contributed by atoms with Gasteiger partial charge in [0, 0.05) is 17.5 Å². The van der Waals surface area contributed by atoms with Crippen LogP contribution in [0.15, 0.2) is 24.3 Å². The summed E-state index contributed by atoms with van der Waals surface area (Å²) in [5, 5.41) is 3.34. The Morgan fingerprint density at radius 2 is 1.83 bits per heavy atom. The predicted molar refractivity (Wildman–Crippen MR) is 93.4 cm³/mol. The van der Waals surface area contributed by atoms with E-state index >= 15 is 0 Å². The summed E-state index contributed by atoms with van der Waals surface area (Å²) in [4.78, 5) is 14.5. The molecule has 3 heteroatoms. The van der Waals surface area contributed by atoms with E-state index in [2.05, 4.69) is 43.4 Å². The molecule has 23 heavy (non-hydrogen) atoms.